The summed E-state index contributed by atoms with van der Waals surface area (Å²) < 4.78 is 39.0. The molecule has 1 heterocycles. The van der Waals surface area contributed by atoms with E-state index in [0.29, 0.717) is 18.5 Å². The highest BCUT2D eigenvalue weighted by Crippen LogP contribution is 2.25. The van der Waals surface area contributed by atoms with E-state index in [2.05, 4.69) is 5.32 Å². The zero-order valence-electron chi connectivity index (χ0n) is 14.4. The Labute approximate surface area is 143 Å². The van der Waals surface area contributed by atoms with Crippen molar-refractivity contribution in [2.45, 2.75) is 44.6 Å². The summed E-state index contributed by atoms with van der Waals surface area (Å²) in [6.07, 6.45) is 3.22. The molecule has 1 aliphatic rings. The van der Waals surface area contributed by atoms with Crippen LogP contribution in [0.1, 0.15) is 38.7 Å². The van der Waals surface area contributed by atoms with Crippen LogP contribution in [0.4, 0.5) is 4.39 Å². The van der Waals surface area contributed by atoms with Crippen molar-refractivity contribution < 1.29 is 17.6 Å². The van der Waals surface area contributed by atoms with Crippen molar-refractivity contribution in [3.63, 3.8) is 0 Å². The predicted molar refractivity (Wildman–Crippen MR) is 91.6 cm³/mol. The smallest absolute Gasteiger partial charge is 0.238 e. The van der Waals surface area contributed by atoms with Gasteiger partial charge in [-0.1, -0.05) is 38.5 Å². The van der Waals surface area contributed by atoms with Crippen LogP contribution < -0.4 is 5.32 Å². The summed E-state index contributed by atoms with van der Waals surface area (Å²) in [5, 5.41) is 2.81. The molecule has 0 bridgehead atoms. The van der Waals surface area contributed by atoms with E-state index in [1.165, 1.54) is 10.4 Å². The van der Waals surface area contributed by atoms with Crippen LogP contribution in [0, 0.1) is 5.82 Å². The number of carbonyl (C=O) groups excluding carboxylic acids is 1. The van der Waals surface area contributed by atoms with Crippen molar-refractivity contribution >= 4 is 15.9 Å². The van der Waals surface area contributed by atoms with Gasteiger partial charge in [-0.3, -0.25) is 4.79 Å². The Kier molecular flexibility index (Phi) is 5.65. The molecule has 1 saturated heterocycles. The second-order valence-corrected chi connectivity index (χ2v) is 8.90. The van der Waals surface area contributed by atoms with E-state index in [0.717, 1.165) is 19.1 Å². The molecule has 1 aliphatic heterocycles. The zero-order chi connectivity index (χ0) is 18.0. The fraction of sp³-hybridized carbons (Fsp3) is 0.588. The zero-order valence-corrected chi connectivity index (χ0v) is 15.2. The summed E-state index contributed by atoms with van der Waals surface area (Å²) in [7, 11) is -3.42. The second kappa shape index (κ2) is 7.19. The molecule has 0 aromatic heterocycles. The van der Waals surface area contributed by atoms with Crippen molar-refractivity contribution in [2.75, 3.05) is 19.3 Å². The first kappa shape index (κ1) is 18.9. The maximum absolute atomic E-state index is 14.0. The summed E-state index contributed by atoms with van der Waals surface area (Å²) in [5.74, 6) is -0.628. The van der Waals surface area contributed by atoms with Crippen molar-refractivity contribution in [2.24, 2.45) is 0 Å². The molecule has 2 rings (SSSR count). The number of benzene rings is 1. The summed E-state index contributed by atoms with van der Waals surface area (Å²) in [4.78, 5) is 12.5. The second-order valence-electron chi connectivity index (χ2n) is 6.97. The molecule has 1 amide bonds. The molecule has 1 fully saturated rings. The van der Waals surface area contributed by atoms with Gasteiger partial charge in [0.15, 0.2) is 0 Å². The molecule has 0 aliphatic carbocycles. The van der Waals surface area contributed by atoms with Crippen LogP contribution in [0.3, 0.4) is 0 Å². The number of rotatable bonds is 5. The average Bonchev–Trinajstić information content (AvgIpc) is 2.52. The number of sulfonamides is 1. The van der Waals surface area contributed by atoms with Gasteiger partial charge in [0.1, 0.15) is 11.9 Å². The average molecular weight is 356 g/mol. The van der Waals surface area contributed by atoms with Gasteiger partial charge in [0.2, 0.25) is 15.9 Å². The van der Waals surface area contributed by atoms with E-state index >= 15 is 0 Å². The topological polar surface area (TPSA) is 66.5 Å². The number of nitrogens with one attached hydrogen (secondary N) is 1. The van der Waals surface area contributed by atoms with Crippen LogP contribution >= 0.6 is 0 Å². The first-order valence-corrected chi connectivity index (χ1v) is 9.97. The maximum atomic E-state index is 14.0. The molecule has 1 unspecified atom stereocenters. The molecule has 0 spiro atoms. The van der Waals surface area contributed by atoms with Gasteiger partial charge in [0, 0.05) is 18.5 Å². The molecule has 1 atom stereocenters. The Hall–Kier alpha value is -1.47. The standard InChI is InChI=1S/C17H25FN2O3S/c1-17(2,13-8-4-5-9-14(13)18)12-19-16(21)15-10-6-7-11-20(15)24(3,22)23/h4-5,8-9,15H,6-7,10-12H2,1-3H3,(H,19,21). The van der Waals surface area contributed by atoms with Gasteiger partial charge in [-0.05, 0) is 24.5 Å². The fourth-order valence-corrected chi connectivity index (χ4v) is 4.22. The lowest BCUT2D eigenvalue weighted by Gasteiger charge is -2.34. The SMILES string of the molecule is CC(C)(CNC(=O)C1CCCCN1S(C)(=O)=O)c1ccccc1F. The Morgan fingerprint density at radius 2 is 2.00 bits per heavy atom. The van der Waals surface area contributed by atoms with Crippen molar-refractivity contribution in [3.05, 3.63) is 35.6 Å². The number of carbonyl (C=O) groups is 1. The third-order valence-corrected chi connectivity index (χ3v) is 5.78. The van der Waals surface area contributed by atoms with Crippen LogP contribution in [-0.4, -0.2) is 44.0 Å². The quantitative estimate of drug-likeness (QED) is 0.878. The number of piperidine rings is 1. The number of amides is 1. The Morgan fingerprint density at radius 3 is 2.62 bits per heavy atom. The molecule has 5 nitrogen and oxygen atoms in total. The van der Waals surface area contributed by atoms with Crippen LogP contribution in [-0.2, 0) is 20.2 Å². The molecule has 0 saturated carbocycles. The largest absolute Gasteiger partial charge is 0.354 e. The normalized spacial score (nSPS) is 19.9. The highest BCUT2D eigenvalue weighted by atomic mass is 32.2. The van der Waals surface area contributed by atoms with Gasteiger partial charge in [-0.2, -0.15) is 4.31 Å². The monoisotopic (exact) mass is 356 g/mol. The summed E-state index contributed by atoms with van der Waals surface area (Å²) in [5.41, 5.74) is -0.0695. The van der Waals surface area contributed by atoms with E-state index < -0.39 is 21.5 Å². The summed E-state index contributed by atoms with van der Waals surface area (Å²) >= 11 is 0. The molecule has 1 aromatic carbocycles. The molecular formula is C17H25FN2O3S. The van der Waals surface area contributed by atoms with E-state index in [4.69, 9.17) is 0 Å². The lowest BCUT2D eigenvalue weighted by Crippen LogP contribution is -2.53. The first-order chi connectivity index (χ1) is 11.1. The lowest BCUT2D eigenvalue weighted by atomic mass is 9.84. The minimum absolute atomic E-state index is 0.237. The maximum Gasteiger partial charge on any atom is 0.238 e. The molecular weight excluding hydrogens is 331 g/mol. The Bertz CT molecular complexity index is 704. The fourth-order valence-electron chi connectivity index (χ4n) is 3.10. The molecule has 0 radical (unpaired) electrons. The predicted octanol–water partition coefficient (Wildman–Crippen LogP) is 2.03. The van der Waals surface area contributed by atoms with Crippen molar-refractivity contribution in [1.82, 2.24) is 9.62 Å². The number of halogens is 1. The molecule has 7 heteroatoms. The first-order valence-electron chi connectivity index (χ1n) is 8.12. The molecule has 1 N–H and O–H groups in total. The van der Waals surface area contributed by atoms with Gasteiger partial charge in [-0.15, -0.1) is 0 Å². The number of nitrogens with zero attached hydrogens (tertiary/aromatic N) is 1. The summed E-state index contributed by atoms with van der Waals surface area (Å²) in [6, 6.07) is 5.80. The third kappa shape index (κ3) is 4.33. The van der Waals surface area contributed by atoms with Crippen molar-refractivity contribution in [3.8, 4) is 0 Å². The molecule has 24 heavy (non-hydrogen) atoms. The molecule has 1 aromatic rings. The Morgan fingerprint density at radius 1 is 1.33 bits per heavy atom. The van der Waals surface area contributed by atoms with E-state index in [9.17, 15) is 17.6 Å². The highest BCUT2D eigenvalue weighted by Gasteiger charge is 2.35. The summed E-state index contributed by atoms with van der Waals surface area (Å²) in [6.45, 7) is 4.30. The Balaban J connectivity index is 2.08. The van der Waals surface area contributed by atoms with Gasteiger partial charge in [0.25, 0.3) is 0 Å². The van der Waals surface area contributed by atoms with Gasteiger partial charge < -0.3 is 5.32 Å². The van der Waals surface area contributed by atoms with E-state index in [1.807, 2.05) is 13.8 Å². The number of hydrogen-bond acceptors (Lipinski definition) is 3. The lowest BCUT2D eigenvalue weighted by molar-refractivity contribution is -0.125. The van der Waals surface area contributed by atoms with Crippen LogP contribution in [0.25, 0.3) is 0 Å². The number of hydrogen-bond donors (Lipinski definition) is 1. The molecule has 134 valence electrons. The minimum atomic E-state index is -3.42. The van der Waals surface area contributed by atoms with Crippen LogP contribution in [0.15, 0.2) is 24.3 Å². The highest BCUT2D eigenvalue weighted by molar-refractivity contribution is 7.88. The van der Waals surface area contributed by atoms with E-state index in [-0.39, 0.29) is 18.3 Å². The van der Waals surface area contributed by atoms with Gasteiger partial charge in [0.05, 0.1) is 6.26 Å². The van der Waals surface area contributed by atoms with E-state index in [1.54, 1.807) is 18.2 Å². The van der Waals surface area contributed by atoms with Crippen LogP contribution in [0.5, 0.6) is 0 Å². The van der Waals surface area contributed by atoms with Gasteiger partial charge in [-0.25, -0.2) is 12.8 Å². The van der Waals surface area contributed by atoms with Crippen molar-refractivity contribution in [1.29, 1.82) is 0 Å². The third-order valence-electron chi connectivity index (χ3n) is 4.49. The van der Waals surface area contributed by atoms with Crippen LogP contribution in [0.2, 0.25) is 0 Å². The van der Waals surface area contributed by atoms with Gasteiger partial charge >= 0.3 is 0 Å². The minimum Gasteiger partial charge on any atom is -0.354 e.